The van der Waals surface area contributed by atoms with E-state index in [1.807, 2.05) is 72.9 Å². The maximum atomic E-state index is 9.02. The second kappa shape index (κ2) is 16.7. The Morgan fingerprint density at radius 3 is 2.00 bits per heavy atom. The van der Waals surface area contributed by atoms with Gasteiger partial charge in [0.2, 0.25) is 0 Å². The maximum absolute atomic E-state index is 9.02. The van der Waals surface area contributed by atoms with Gasteiger partial charge in [-0.15, -0.1) is 29.7 Å². The van der Waals surface area contributed by atoms with Gasteiger partial charge in [0.15, 0.2) is 0 Å². The summed E-state index contributed by atoms with van der Waals surface area (Å²) in [7, 11) is 0. The summed E-state index contributed by atoms with van der Waals surface area (Å²) in [5, 5.41) is 1.99. The van der Waals surface area contributed by atoms with Crippen molar-refractivity contribution in [1.29, 1.82) is 0 Å². The number of fused-ring (bicyclic) bond motifs is 4. The van der Waals surface area contributed by atoms with Gasteiger partial charge in [-0.2, -0.15) is 18.2 Å². The van der Waals surface area contributed by atoms with Gasteiger partial charge in [0, 0.05) is 44.3 Å². The Labute approximate surface area is 401 Å². The van der Waals surface area contributed by atoms with Crippen molar-refractivity contribution in [3.05, 3.63) is 224 Å². The molecule has 0 radical (unpaired) electrons. The first-order valence-electron chi connectivity index (χ1n) is 25.5. The van der Waals surface area contributed by atoms with Gasteiger partial charge in [-0.25, -0.2) is 4.98 Å². The number of aromatic nitrogens is 4. The van der Waals surface area contributed by atoms with Crippen molar-refractivity contribution in [2.75, 3.05) is 0 Å². The van der Waals surface area contributed by atoms with E-state index in [4.69, 9.17) is 23.4 Å². The third-order valence-corrected chi connectivity index (χ3v) is 11.2. The Morgan fingerprint density at radius 2 is 1.27 bits per heavy atom. The fourth-order valence-corrected chi connectivity index (χ4v) is 8.14. The summed E-state index contributed by atoms with van der Waals surface area (Å²) < 4.78 is 99.2. The molecule has 312 valence electrons. The van der Waals surface area contributed by atoms with Gasteiger partial charge in [-0.3, -0.25) is 4.57 Å². The molecule has 0 unspecified atom stereocenters. The Morgan fingerprint density at radius 1 is 0.594 bits per heavy atom. The van der Waals surface area contributed by atoms with Crippen LogP contribution < -0.4 is 9.30 Å². The van der Waals surface area contributed by atoms with Gasteiger partial charge >= 0.3 is 0 Å². The van der Waals surface area contributed by atoms with Gasteiger partial charge < -0.3 is 13.9 Å². The molecule has 6 heteroatoms. The van der Waals surface area contributed by atoms with Crippen molar-refractivity contribution in [3.8, 4) is 62.1 Å². The van der Waals surface area contributed by atoms with Crippen LogP contribution >= 0.6 is 0 Å². The molecule has 11 aromatic rings. The molecule has 3 heterocycles. The van der Waals surface area contributed by atoms with E-state index in [0.717, 1.165) is 44.3 Å². The van der Waals surface area contributed by atoms with Crippen molar-refractivity contribution in [2.45, 2.75) is 26.2 Å². The molecule has 0 aliphatic heterocycles. The van der Waals surface area contributed by atoms with E-state index in [0.29, 0.717) is 28.2 Å². The molecule has 64 heavy (non-hydrogen) atoms. The maximum Gasteiger partial charge on any atom is 0.268 e. The Kier molecular flexibility index (Phi) is 8.03. The van der Waals surface area contributed by atoms with E-state index in [1.165, 1.54) is 0 Å². The summed E-state index contributed by atoms with van der Waals surface area (Å²) in [5.41, 5.74) is 6.68. The van der Waals surface area contributed by atoms with E-state index in [-0.39, 0.29) is 54.4 Å². The monoisotopic (exact) mass is 1020 g/mol. The summed E-state index contributed by atoms with van der Waals surface area (Å²) in [6.07, 6.45) is 5.25. The molecule has 0 amide bonds. The minimum atomic E-state index is -0.573. The molecule has 0 saturated carbocycles. The largest absolute Gasteiger partial charge is 0.510 e. The first kappa shape index (κ1) is 30.7. The van der Waals surface area contributed by atoms with Crippen LogP contribution in [0.5, 0.6) is 11.5 Å². The van der Waals surface area contributed by atoms with Crippen LogP contribution in [0.3, 0.4) is 0 Å². The van der Waals surface area contributed by atoms with Crippen LogP contribution in [0.2, 0.25) is 0 Å². The number of ether oxygens (including phenoxy) is 1. The van der Waals surface area contributed by atoms with E-state index in [1.54, 1.807) is 39.5 Å². The number of imidazole rings is 1. The molecule has 0 aliphatic carbocycles. The number of benzene rings is 8. The Bertz CT molecular complexity index is 3930. The topological polar surface area (TPSA) is 35.9 Å². The standard InChI is InChI=1S/C58H42N4O.Pt/c1-58(2,3)44-33-34-59-56(36-44)62-54-35-43(40-17-7-4-8-18-40)29-31-50(54)51-32-30-47(38-55(51)62)63-46-24-15-23-45(37-46)60-39-61(53-28-14-13-27-52(53)60)57-48(41-19-9-5-10-20-41)25-16-26-49(57)42-21-11-6-12-22-42;/h4-36H,1-3H3;/q-2;/i5D,6D,9D,10D,11D,12D,19D,20D,21D,22D;. The van der Waals surface area contributed by atoms with Crippen molar-refractivity contribution >= 4 is 32.8 Å². The van der Waals surface area contributed by atoms with Crippen LogP contribution in [0, 0.1) is 18.5 Å². The first-order chi connectivity index (χ1) is 35.0. The van der Waals surface area contributed by atoms with E-state index in [2.05, 4.69) is 80.2 Å². The number of rotatable bonds is 8. The molecular formula is C58H42N4OPt-2. The summed E-state index contributed by atoms with van der Waals surface area (Å²) >= 11 is 0. The predicted octanol–water partition coefficient (Wildman–Crippen LogP) is 13.9. The van der Waals surface area contributed by atoms with Crippen molar-refractivity contribution < 1.29 is 44.1 Å². The normalized spacial score (nSPS) is 13.7. The Balaban J connectivity index is 0.00000626. The molecule has 0 saturated heterocycles. The SMILES string of the molecule is [2H]c1c([2H])c([2H])c(-c2cccc(-c3c([2H])c([2H])c([2H])c([2H])c3[2H])c2-[n+]2[c-]n(-c3[c-]c(Oc4[c-]c5c(cc4)c4ccc(-c6ccccc6)cc4n5-c4cc(C(C)(C)C)ccn4)ccc3)c3ccccc32)c([2H])c1[2H].[Pt]. The average Bonchev–Trinajstić information content (AvgIpc) is 3.94. The van der Waals surface area contributed by atoms with E-state index < -0.39 is 60.4 Å². The van der Waals surface area contributed by atoms with Crippen LogP contribution in [0.15, 0.2) is 200 Å². The summed E-state index contributed by atoms with van der Waals surface area (Å²) in [5.74, 6) is 1.52. The second-order valence-corrected chi connectivity index (χ2v) is 16.1. The van der Waals surface area contributed by atoms with Crippen molar-refractivity contribution in [1.82, 2.24) is 14.1 Å². The predicted molar refractivity (Wildman–Crippen MR) is 255 cm³/mol. The van der Waals surface area contributed by atoms with Crippen LogP contribution in [0.25, 0.3) is 83.4 Å². The number of hydrogen-bond acceptors (Lipinski definition) is 2. The summed E-state index contributed by atoms with van der Waals surface area (Å²) in [4.78, 5) is 4.89. The smallest absolute Gasteiger partial charge is 0.268 e. The third kappa shape index (κ3) is 7.42. The third-order valence-electron chi connectivity index (χ3n) is 11.2. The summed E-state index contributed by atoms with van der Waals surface area (Å²) in [6, 6.07) is 43.9. The minimum Gasteiger partial charge on any atom is -0.510 e. The van der Waals surface area contributed by atoms with E-state index in [9.17, 15) is 0 Å². The second-order valence-electron chi connectivity index (χ2n) is 16.1. The fraction of sp³-hybridized carbons (Fsp3) is 0.0690. The van der Waals surface area contributed by atoms with Crippen LogP contribution in [0.4, 0.5) is 0 Å². The number of pyridine rings is 1. The summed E-state index contributed by atoms with van der Waals surface area (Å²) in [6.45, 7) is 6.52. The van der Waals surface area contributed by atoms with Crippen LogP contribution in [0.1, 0.15) is 40.0 Å². The molecule has 8 aromatic carbocycles. The van der Waals surface area contributed by atoms with E-state index >= 15 is 0 Å². The minimum absolute atomic E-state index is 0. The van der Waals surface area contributed by atoms with Gasteiger partial charge in [-0.05, 0) is 73.6 Å². The molecule has 0 bridgehead atoms. The average molecular weight is 1020 g/mol. The molecule has 0 fully saturated rings. The number of hydrogen-bond donors (Lipinski definition) is 0. The zero-order valence-corrected chi connectivity index (χ0v) is 37.1. The zero-order valence-electron chi connectivity index (χ0n) is 44.8. The van der Waals surface area contributed by atoms with Crippen molar-refractivity contribution in [3.63, 3.8) is 0 Å². The zero-order chi connectivity index (χ0) is 51.2. The van der Waals surface area contributed by atoms with Crippen LogP contribution in [-0.2, 0) is 26.5 Å². The molecule has 0 spiro atoms. The molecule has 11 rings (SSSR count). The molecular weight excluding hydrogens is 964 g/mol. The molecule has 0 N–H and O–H groups in total. The van der Waals surface area contributed by atoms with Gasteiger partial charge in [-0.1, -0.05) is 172 Å². The van der Waals surface area contributed by atoms with Crippen LogP contribution in [-0.4, -0.2) is 14.1 Å². The Hall–Kier alpha value is -7.33. The quantitative estimate of drug-likeness (QED) is 0.112. The fourth-order valence-electron chi connectivity index (χ4n) is 8.14. The van der Waals surface area contributed by atoms with Gasteiger partial charge in [0.25, 0.3) is 6.33 Å². The molecule has 3 aromatic heterocycles. The molecule has 5 nitrogen and oxygen atoms in total. The first-order valence-corrected chi connectivity index (χ1v) is 20.5. The number of nitrogens with zero attached hydrogens (tertiary/aromatic N) is 4. The number of para-hydroxylation sites is 3. The molecule has 0 aliphatic rings. The van der Waals surface area contributed by atoms with Gasteiger partial charge in [0.05, 0.1) is 30.4 Å². The van der Waals surface area contributed by atoms with Crippen molar-refractivity contribution in [2.24, 2.45) is 0 Å². The molecule has 0 atom stereocenters. The van der Waals surface area contributed by atoms with Gasteiger partial charge in [0.1, 0.15) is 5.82 Å².